The van der Waals surface area contributed by atoms with Gasteiger partial charge in [-0.25, -0.2) is 13.2 Å². The fourth-order valence-corrected chi connectivity index (χ4v) is 3.05. The summed E-state index contributed by atoms with van der Waals surface area (Å²) >= 11 is 6.32. The van der Waals surface area contributed by atoms with E-state index in [0.717, 1.165) is 0 Å². The molecule has 0 radical (unpaired) electrons. The molecule has 0 aliphatic heterocycles. The van der Waals surface area contributed by atoms with Gasteiger partial charge in [-0.3, -0.25) is 0 Å². The van der Waals surface area contributed by atoms with Gasteiger partial charge in [0.2, 0.25) is 0 Å². The van der Waals surface area contributed by atoms with Gasteiger partial charge in [0.05, 0.1) is 0 Å². The fourth-order valence-electron chi connectivity index (χ4n) is 1.85. The van der Waals surface area contributed by atoms with E-state index < -0.39 is 24.2 Å². The largest absolute Gasteiger partial charge is 0.425 e. The maximum Gasteiger partial charge on any atom is 0.425 e. The van der Waals surface area contributed by atoms with Gasteiger partial charge in [0.25, 0.3) is 12.1 Å². The first-order valence-corrected chi connectivity index (χ1v) is 6.76. The van der Waals surface area contributed by atoms with E-state index in [4.69, 9.17) is 0 Å². The molecule has 102 valence electrons. The summed E-state index contributed by atoms with van der Waals surface area (Å²) in [6, 6.07) is 0. The van der Waals surface area contributed by atoms with Crippen molar-refractivity contribution in [2.75, 3.05) is 0 Å². The molecule has 0 spiro atoms. The first kappa shape index (κ1) is 15.6. The third-order valence-corrected chi connectivity index (χ3v) is 5.68. The zero-order valence-corrected chi connectivity index (χ0v) is 11.6. The van der Waals surface area contributed by atoms with E-state index in [1.165, 1.54) is 0 Å². The zero-order chi connectivity index (χ0) is 13.4. The van der Waals surface area contributed by atoms with Crippen LogP contribution in [0.15, 0.2) is 0 Å². The van der Waals surface area contributed by atoms with Crippen LogP contribution in [0.2, 0.25) is 0 Å². The number of rotatable bonds is 2. The third kappa shape index (κ3) is 3.52. The van der Waals surface area contributed by atoms with Crippen molar-refractivity contribution in [3.8, 4) is 0 Å². The summed E-state index contributed by atoms with van der Waals surface area (Å²) < 4.78 is 75.5. The van der Waals surface area contributed by atoms with Crippen molar-refractivity contribution in [1.29, 1.82) is 0 Å². The standard InChI is InChI=1S/C9H10Br2F6/c10-5-2-1-4(3-6(5)11)8(13,14)7(12)9(15,16)17/h4-7H,1-3H2. The van der Waals surface area contributed by atoms with Crippen molar-refractivity contribution in [2.45, 2.75) is 47.2 Å². The van der Waals surface area contributed by atoms with Crippen molar-refractivity contribution >= 4 is 31.9 Å². The minimum atomic E-state index is -5.52. The molecule has 1 rings (SSSR count). The molecule has 4 atom stereocenters. The Morgan fingerprint density at radius 3 is 1.88 bits per heavy atom. The van der Waals surface area contributed by atoms with Crippen LogP contribution in [0.3, 0.4) is 0 Å². The Labute approximate surface area is 111 Å². The Morgan fingerprint density at radius 1 is 0.941 bits per heavy atom. The van der Waals surface area contributed by atoms with Crippen molar-refractivity contribution in [3.05, 3.63) is 0 Å². The molecule has 1 aliphatic carbocycles. The molecule has 0 nitrogen and oxygen atoms in total. The zero-order valence-electron chi connectivity index (χ0n) is 8.45. The molecule has 8 heteroatoms. The van der Waals surface area contributed by atoms with Crippen LogP contribution in [0.25, 0.3) is 0 Å². The summed E-state index contributed by atoms with van der Waals surface area (Å²) in [4.78, 5) is -0.439. The molecule has 0 N–H and O–H groups in total. The van der Waals surface area contributed by atoms with Crippen LogP contribution in [0.4, 0.5) is 26.3 Å². The lowest BCUT2D eigenvalue weighted by atomic mass is 9.82. The van der Waals surface area contributed by atoms with Gasteiger partial charge in [-0.1, -0.05) is 31.9 Å². The SMILES string of the molecule is FC(C(F)(F)F)C(F)(F)C1CCC(Br)C(Br)C1. The molecule has 0 aromatic heterocycles. The highest BCUT2D eigenvalue weighted by Gasteiger charge is 2.60. The lowest BCUT2D eigenvalue weighted by Crippen LogP contribution is -2.49. The monoisotopic (exact) mass is 390 g/mol. The molecule has 1 aliphatic rings. The van der Waals surface area contributed by atoms with Gasteiger partial charge in [-0.15, -0.1) is 0 Å². The summed E-state index contributed by atoms with van der Waals surface area (Å²) in [5.74, 6) is -5.95. The van der Waals surface area contributed by atoms with E-state index in [-0.39, 0.29) is 22.5 Å². The highest BCUT2D eigenvalue weighted by Crippen LogP contribution is 2.47. The second-order valence-electron chi connectivity index (χ2n) is 4.12. The predicted molar refractivity (Wildman–Crippen MR) is 58.7 cm³/mol. The molecule has 1 saturated carbocycles. The lowest BCUT2D eigenvalue weighted by Gasteiger charge is -2.36. The van der Waals surface area contributed by atoms with Crippen LogP contribution in [0, 0.1) is 5.92 Å². The van der Waals surface area contributed by atoms with Crippen LogP contribution in [-0.4, -0.2) is 27.9 Å². The highest BCUT2D eigenvalue weighted by atomic mass is 79.9. The molecule has 0 bridgehead atoms. The summed E-state index contributed by atoms with van der Waals surface area (Å²) in [7, 11) is 0. The van der Waals surface area contributed by atoms with Crippen molar-refractivity contribution < 1.29 is 26.3 Å². The minimum absolute atomic E-state index is 0.0708. The van der Waals surface area contributed by atoms with Gasteiger partial charge in [0, 0.05) is 15.6 Å². The van der Waals surface area contributed by atoms with Gasteiger partial charge in [0.1, 0.15) is 0 Å². The quantitative estimate of drug-likeness (QED) is 0.466. The average Bonchev–Trinajstić information content (AvgIpc) is 2.19. The Hall–Kier alpha value is 0.540. The molecular weight excluding hydrogens is 382 g/mol. The van der Waals surface area contributed by atoms with E-state index >= 15 is 0 Å². The smallest absolute Gasteiger partial charge is 0.231 e. The van der Waals surface area contributed by atoms with Gasteiger partial charge in [0.15, 0.2) is 0 Å². The lowest BCUT2D eigenvalue weighted by molar-refractivity contribution is -0.260. The topological polar surface area (TPSA) is 0 Å². The fraction of sp³-hybridized carbons (Fsp3) is 1.00. The Balaban J connectivity index is 2.77. The highest BCUT2D eigenvalue weighted by molar-refractivity contribution is 9.12. The average molecular weight is 392 g/mol. The van der Waals surface area contributed by atoms with Crippen LogP contribution in [0.1, 0.15) is 19.3 Å². The number of hydrogen-bond acceptors (Lipinski definition) is 0. The van der Waals surface area contributed by atoms with E-state index in [0.29, 0.717) is 6.42 Å². The van der Waals surface area contributed by atoms with Crippen LogP contribution >= 0.6 is 31.9 Å². The summed E-state index contributed by atoms with van der Waals surface area (Å²) in [5, 5.41) is 0. The van der Waals surface area contributed by atoms with Gasteiger partial charge >= 0.3 is 6.18 Å². The van der Waals surface area contributed by atoms with Gasteiger partial charge in [-0.2, -0.15) is 13.2 Å². The van der Waals surface area contributed by atoms with Crippen molar-refractivity contribution in [2.24, 2.45) is 5.92 Å². The molecule has 0 saturated heterocycles. The minimum Gasteiger partial charge on any atom is -0.231 e. The molecule has 0 aromatic rings. The number of hydrogen-bond donors (Lipinski definition) is 0. The molecular formula is C9H10Br2F6. The van der Waals surface area contributed by atoms with Crippen LogP contribution in [-0.2, 0) is 0 Å². The van der Waals surface area contributed by atoms with E-state index in [1.807, 2.05) is 0 Å². The van der Waals surface area contributed by atoms with E-state index in [2.05, 4.69) is 31.9 Å². The number of alkyl halides is 8. The first-order valence-electron chi connectivity index (χ1n) is 4.93. The Bertz CT molecular complexity index is 267. The molecule has 0 heterocycles. The second-order valence-corrected chi connectivity index (χ2v) is 6.47. The second kappa shape index (κ2) is 5.27. The normalized spacial score (nSPS) is 33.5. The Morgan fingerprint density at radius 2 is 1.47 bits per heavy atom. The summed E-state index contributed by atoms with van der Waals surface area (Å²) in [6.07, 6.45) is -9.62. The van der Waals surface area contributed by atoms with Crippen LogP contribution in [0.5, 0.6) is 0 Å². The van der Waals surface area contributed by atoms with E-state index in [1.54, 1.807) is 0 Å². The van der Waals surface area contributed by atoms with Gasteiger partial charge < -0.3 is 0 Å². The first-order chi connectivity index (χ1) is 7.56. The molecule has 0 aromatic carbocycles. The predicted octanol–water partition coefficient (Wildman–Crippen LogP) is 4.85. The van der Waals surface area contributed by atoms with Crippen LogP contribution < -0.4 is 0 Å². The van der Waals surface area contributed by atoms with Gasteiger partial charge in [-0.05, 0) is 19.3 Å². The van der Waals surface area contributed by atoms with Crippen molar-refractivity contribution in [3.63, 3.8) is 0 Å². The molecule has 0 amide bonds. The summed E-state index contributed by atoms with van der Waals surface area (Å²) in [6.45, 7) is 0. The molecule has 4 unspecified atom stereocenters. The van der Waals surface area contributed by atoms with E-state index in [9.17, 15) is 26.3 Å². The maximum absolute atomic E-state index is 13.4. The number of halogens is 8. The summed E-state index contributed by atoms with van der Waals surface area (Å²) in [5.41, 5.74) is 0. The third-order valence-electron chi connectivity index (χ3n) is 2.86. The Kier molecular flexibility index (Phi) is 4.83. The molecule has 1 fully saturated rings. The van der Waals surface area contributed by atoms with Crippen molar-refractivity contribution in [1.82, 2.24) is 0 Å². The molecule has 17 heavy (non-hydrogen) atoms. The maximum atomic E-state index is 13.4.